The highest BCUT2D eigenvalue weighted by Crippen LogP contribution is 2.17. The van der Waals surface area contributed by atoms with Crippen molar-refractivity contribution in [2.24, 2.45) is 5.92 Å². The highest BCUT2D eigenvalue weighted by atomic mass is 35.5. The van der Waals surface area contributed by atoms with Gasteiger partial charge in [0.15, 0.2) is 0 Å². The average Bonchev–Trinajstić information content (AvgIpc) is 2.86. The van der Waals surface area contributed by atoms with E-state index in [1.807, 2.05) is 18.7 Å². The lowest BCUT2D eigenvalue weighted by Gasteiger charge is -2.17. The van der Waals surface area contributed by atoms with Crippen molar-refractivity contribution in [1.82, 2.24) is 14.9 Å². The maximum atomic E-state index is 4.06. The zero-order valence-electron chi connectivity index (χ0n) is 9.93. The predicted octanol–water partition coefficient (Wildman–Crippen LogP) is 2.47. The molecular formula is C12H22ClN3. The minimum atomic E-state index is 0. The largest absolute Gasteiger partial charge is 0.337 e. The normalized spacial score (nSPS) is 18.3. The Hall–Kier alpha value is -0.540. The van der Waals surface area contributed by atoms with E-state index in [9.17, 15) is 0 Å². The second-order valence-corrected chi connectivity index (χ2v) is 4.75. The van der Waals surface area contributed by atoms with Crippen molar-refractivity contribution in [1.29, 1.82) is 0 Å². The van der Waals surface area contributed by atoms with Crippen LogP contribution < -0.4 is 5.32 Å². The molecule has 16 heavy (non-hydrogen) atoms. The molecule has 92 valence electrons. The quantitative estimate of drug-likeness (QED) is 0.861. The molecule has 2 rings (SSSR count). The van der Waals surface area contributed by atoms with Gasteiger partial charge in [0.25, 0.3) is 0 Å². The molecule has 1 N–H and O–H groups in total. The highest BCUT2D eigenvalue weighted by Gasteiger charge is 2.14. The molecule has 0 amide bonds. The molecular weight excluding hydrogens is 222 g/mol. The molecule has 1 aromatic heterocycles. The van der Waals surface area contributed by atoms with Gasteiger partial charge in [0.2, 0.25) is 0 Å². The predicted molar refractivity (Wildman–Crippen MR) is 68.9 cm³/mol. The van der Waals surface area contributed by atoms with E-state index in [0.717, 1.165) is 19.1 Å². The van der Waals surface area contributed by atoms with Gasteiger partial charge < -0.3 is 9.88 Å². The van der Waals surface area contributed by atoms with Crippen molar-refractivity contribution in [3.63, 3.8) is 0 Å². The van der Waals surface area contributed by atoms with Crippen LogP contribution in [0.1, 0.15) is 32.6 Å². The van der Waals surface area contributed by atoms with Crippen molar-refractivity contribution in [3.8, 4) is 0 Å². The number of nitrogens with one attached hydrogen (secondary N) is 1. The van der Waals surface area contributed by atoms with Gasteiger partial charge in [0, 0.05) is 25.0 Å². The van der Waals surface area contributed by atoms with Crippen molar-refractivity contribution >= 4 is 12.4 Å². The first-order chi connectivity index (χ1) is 7.34. The van der Waals surface area contributed by atoms with Gasteiger partial charge in [0.1, 0.15) is 0 Å². The molecule has 0 spiro atoms. The molecule has 1 unspecified atom stereocenters. The Morgan fingerprint density at radius 3 is 2.81 bits per heavy atom. The minimum absolute atomic E-state index is 0. The summed E-state index contributed by atoms with van der Waals surface area (Å²) in [6.45, 7) is 4.49. The van der Waals surface area contributed by atoms with E-state index in [0.29, 0.717) is 5.92 Å². The fourth-order valence-corrected chi connectivity index (χ4v) is 2.32. The number of halogens is 1. The molecule has 4 heteroatoms. The van der Waals surface area contributed by atoms with Gasteiger partial charge in [-0.15, -0.1) is 12.4 Å². The summed E-state index contributed by atoms with van der Waals surface area (Å²) in [5.41, 5.74) is 0. The second-order valence-electron chi connectivity index (χ2n) is 4.75. The molecule has 0 aliphatic heterocycles. The fourth-order valence-electron chi connectivity index (χ4n) is 2.32. The third-order valence-electron chi connectivity index (χ3n) is 3.19. The third-order valence-corrected chi connectivity index (χ3v) is 3.19. The summed E-state index contributed by atoms with van der Waals surface area (Å²) in [5.74, 6) is 0.680. The van der Waals surface area contributed by atoms with E-state index in [1.54, 1.807) is 0 Å². The lowest BCUT2D eigenvalue weighted by atomic mass is 10.1. The summed E-state index contributed by atoms with van der Waals surface area (Å²) in [4.78, 5) is 4.06. The highest BCUT2D eigenvalue weighted by molar-refractivity contribution is 5.85. The standard InChI is InChI=1S/C12H21N3.ClH/c1-11(9-15-7-6-13-10-15)8-14-12-4-2-3-5-12;/h6-7,10-12,14H,2-5,8-9H2,1H3;1H. The zero-order valence-corrected chi connectivity index (χ0v) is 10.7. The molecule has 1 heterocycles. The Morgan fingerprint density at radius 2 is 2.19 bits per heavy atom. The topological polar surface area (TPSA) is 29.9 Å². The third kappa shape index (κ3) is 4.14. The van der Waals surface area contributed by atoms with Crippen molar-refractivity contribution in [2.75, 3.05) is 6.54 Å². The van der Waals surface area contributed by atoms with Crippen LogP contribution in [0.15, 0.2) is 18.7 Å². The minimum Gasteiger partial charge on any atom is -0.337 e. The Balaban J connectivity index is 0.00000128. The first-order valence-electron chi connectivity index (χ1n) is 6.03. The average molecular weight is 244 g/mol. The Labute approximate surface area is 104 Å². The van der Waals surface area contributed by atoms with Gasteiger partial charge in [-0.3, -0.25) is 0 Å². The van der Waals surface area contributed by atoms with Gasteiger partial charge in [-0.05, 0) is 25.3 Å². The monoisotopic (exact) mass is 243 g/mol. The van der Waals surface area contributed by atoms with E-state index in [1.165, 1.54) is 25.7 Å². The molecule has 0 bridgehead atoms. The van der Waals surface area contributed by atoms with Crippen LogP contribution in [0.5, 0.6) is 0 Å². The molecule has 1 atom stereocenters. The Morgan fingerprint density at radius 1 is 1.44 bits per heavy atom. The number of aromatic nitrogens is 2. The van der Waals surface area contributed by atoms with Crippen molar-refractivity contribution in [3.05, 3.63) is 18.7 Å². The van der Waals surface area contributed by atoms with Crippen LogP contribution in [0, 0.1) is 5.92 Å². The summed E-state index contributed by atoms with van der Waals surface area (Å²) in [7, 11) is 0. The molecule has 0 aromatic carbocycles. The van der Waals surface area contributed by atoms with E-state index in [-0.39, 0.29) is 12.4 Å². The molecule has 0 saturated heterocycles. The summed E-state index contributed by atoms with van der Waals surface area (Å²) in [6, 6.07) is 0.787. The van der Waals surface area contributed by atoms with Crippen LogP contribution in [0.2, 0.25) is 0 Å². The number of imidazole rings is 1. The molecule has 1 saturated carbocycles. The van der Waals surface area contributed by atoms with Crippen LogP contribution >= 0.6 is 12.4 Å². The summed E-state index contributed by atoms with van der Waals surface area (Å²) < 4.78 is 2.15. The van der Waals surface area contributed by atoms with Crippen molar-refractivity contribution < 1.29 is 0 Å². The van der Waals surface area contributed by atoms with E-state index in [4.69, 9.17) is 0 Å². The molecule has 1 aliphatic rings. The Bertz CT molecular complexity index is 268. The van der Waals surface area contributed by atoms with Gasteiger partial charge >= 0.3 is 0 Å². The molecule has 1 aliphatic carbocycles. The lowest BCUT2D eigenvalue weighted by Crippen LogP contribution is -2.31. The van der Waals surface area contributed by atoms with Crippen molar-refractivity contribution in [2.45, 2.75) is 45.2 Å². The van der Waals surface area contributed by atoms with Crippen LogP contribution in [0.25, 0.3) is 0 Å². The number of hydrogen-bond donors (Lipinski definition) is 1. The van der Waals surface area contributed by atoms with Crippen LogP contribution in [-0.4, -0.2) is 22.1 Å². The molecule has 1 fully saturated rings. The van der Waals surface area contributed by atoms with Gasteiger partial charge in [-0.25, -0.2) is 4.98 Å². The number of nitrogens with zero attached hydrogens (tertiary/aromatic N) is 2. The van der Waals surface area contributed by atoms with E-state index in [2.05, 4.69) is 21.8 Å². The summed E-state index contributed by atoms with van der Waals surface area (Å²) in [5, 5.41) is 3.66. The smallest absolute Gasteiger partial charge is 0.0946 e. The number of hydrogen-bond acceptors (Lipinski definition) is 2. The van der Waals surface area contributed by atoms with Crippen LogP contribution in [0.3, 0.4) is 0 Å². The SMILES string of the molecule is CC(CNC1CCCC1)Cn1ccnc1.Cl. The van der Waals surface area contributed by atoms with Gasteiger partial charge in [0.05, 0.1) is 6.33 Å². The fraction of sp³-hybridized carbons (Fsp3) is 0.750. The first kappa shape index (κ1) is 13.5. The maximum Gasteiger partial charge on any atom is 0.0946 e. The molecule has 1 aromatic rings. The molecule has 0 radical (unpaired) electrons. The Kier molecular flexibility index (Phi) is 5.85. The molecule has 3 nitrogen and oxygen atoms in total. The van der Waals surface area contributed by atoms with E-state index >= 15 is 0 Å². The van der Waals surface area contributed by atoms with E-state index < -0.39 is 0 Å². The lowest BCUT2D eigenvalue weighted by molar-refractivity contribution is 0.408. The second kappa shape index (κ2) is 6.92. The van der Waals surface area contributed by atoms with Gasteiger partial charge in [-0.2, -0.15) is 0 Å². The van der Waals surface area contributed by atoms with Gasteiger partial charge in [-0.1, -0.05) is 19.8 Å². The summed E-state index contributed by atoms with van der Waals surface area (Å²) in [6.07, 6.45) is 11.3. The van der Waals surface area contributed by atoms with Crippen LogP contribution in [0.4, 0.5) is 0 Å². The van der Waals surface area contributed by atoms with Crippen LogP contribution in [-0.2, 0) is 6.54 Å². The zero-order chi connectivity index (χ0) is 10.5. The number of rotatable bonds is 5. The maximum absolute atomic E-state index is 4.06. The summed E-state index contributed by atoms with van der Waals surface area (Å²) >= 11 is 0. The first-order valence-corrected chi connectivity index (χ1v) is 6.03.